The van der Waals surface area contributed by atoms with Crippen molar-refractivity contribution in [3.8, 4) is 0 Å². The Morgan fingerprint density at radius 1 is 1.46 bits per heavy atom. The van der Waals surface area contributed by atoms with Gasteiger partial charge in [-0.25, -0.2) is 4.79 Å². The first kappa shape index (κ1) is 9.53. The number of rotatable bonds is 1. The third-order valence-corrected chi connectivity index (χ3v) is 2.24. The van der Waals surface area contributed by atoms with E-state index < -0.39 is 27.6 Å². The summed E-state index contributed by atoms with van der Waals surface area (Å²) in [7, 11) is -2.43. The number of hydrogen-bond acceptors (Lipinski definition) is 4. The van der Waals surface area contributed by atoms with Crippen LogP contribution in [0.15, 0.2) is 23.5 Å². The van der Waals surface area contributed by atoms with Crippen LogP contribution in [0.2, 0.25) is 0 Å². The topological polar surface area (TPSA) is 91.7 Å². The minimum absolute atomic E-state index is 0.0265. The Morgan fingerprint density at radius 2 is 2.08 bits per heavy atom. The van der Waals surface area contributed by atoms with Crippen molar-refractivity contribution in [2.45, 2.75) is 6.42 Å². The fourth-order valence-corrected chi connectivity index (χ4v) is 1.32. The summed E-state index contributed by atoms with van der Waals surface area (Å²) in [6, 6.07) is 0. The number of carboxylic acids is 1. The van der Waals surface area contributed by atoms with E-state index >= 15 is 0 Å². The van der Waals surface area contributed by atoms with Gasteiger partial charge in [0.25, 0.3) is 0 Å². The van der Waals surface area contributed by atoms with Crippen molar-refractivity contribution in [1.29, 1.82) is 0 Å². The van der Waals surface area contributed by atoms with Crippen LogP contribution in [0.4, 0.5) is 0 Å². The molecule has 0 aliphatic heterocycles. The first-order chi connectivity index (χ1) is 6.02. The summed E-state index contributed by atoms with van der Waals surface area (Å²) >= 11 is 0. The highest BCUT2D eigenvalue weighted by Crippen LogP contribution is 2.14. The molecule has 0 aromatic heterocycles. The number of carboxylic acid groups (broad SMARTS) is 1. The molecule has 1 rings (SSSR count). The molecule has 5 nitrogen and oxygen atoms in total. The van der Waals surface area contributed by atoms with Crippen molar-refractivity contribution < 1.29 is 23.4 Å². The Morgan fingerprint density at radius 3 is 2.54 bits per heavy atom. The number of allylic oxidation sites excluding steroid dienone is 2. The summed E-state index contributed by atoms with van der Waals surface area (Å²) in [4.78, 5) is 10.4. The van der Waals surface area contributed by atoms with Gasteiger partial charge in [-0.15, -0.1) is 0 Å². The van der Waals surface area contributed by atoms with Gasteiger partial charge in [0, 0.05) is 6.42 Å². The molecule has 0 spiro atoms. The molecular weight excluding hydrogens is 196 g/mol. The van der Waals surface area contributed by atoms with Crippen LogP contribution in [-0.2, 0) is 15.1 Å². The fourth-order valence-electron chi connectivity index (χ4n) is 0.889. The summed E-state index contributed by atoms with van der Waals surface area (Å²) in [6.45, 7) is 0. The standard InChI is InChI=1S/C7H6O5S/c8-6-2-1-4(13(11)12)3-5(6)7(9)10/h2-3,8H,1H2,(H,9,10). The predicted molar refractivity (Wildman–Crippen MR) is 45.0 cm³/mol. The molecule has 0 atom stereocenters. The number of hydrogen-bond donors (Lipinski definition) is 2. The molecule has 0 heterocycles. The zero-order valence-corrected chi connectivity index (χ0v) is 7.21. The largest absolute Gasteiger partial charge is 0.507 e. The molecule has 70 valence electrons. The third kappa shape index (κ3) is 1.97. The lowest BCUT2D eigenvalue weighted by molar-refractivity contribution is -0.132. The van der Waals surface area contributed by atoms with E-state index in [1.165, 1.54) is 0 Å². The molecule has 13 heavy (non-hydrogen) atoms. The zero-order chi connectivity index (χ0) is 10.0. The second kappa shape index (κ2) is 3.44. The summed E-state index contributed by atoms with van der Waals surface area (Å²) in [5.74, 6) is -1.75. The molecule has 0 radical (unpaired) electrons. The minimum atomic E-state index is -2.43. The highest BCUT2D eigenvalue weighted by Gasteiger charge is 2.17. The highest BCUT2D eigenvalue weighted by atomic mass is 32.2. The van der Waals surface area contributed by atoms with Crippen LogP contribution in [0.25, 0.3) is 0 Å². The Hall–Kier alpha value is -1.56. The van der Waals surface area contributed by atoms with Crippen molar-refractivity contribution >= 4 is 21.1 Å². The van der Waals surface area contributed by atoms with E-state index in [1.54, 1.807) is 0 Å². The lowest BCUT2D eigenvalue weighted by Gasteiger charge is -2.06. The van der Waals surface area contributed by atoms with Crippen molar-refractivity contribution in [2.75, 3.05) is 0 Å². The SMILES string of the molecule is O=C(O)C1=CC(=S(=O)=O)CC=C1O. The molecule has 0 aromatic carbocycles. The molecule has 0 aromatic rings. The van der Waals surface area contributed by atoms with Gasteiger partial charge in [0.05, 0.1) is 4.86 Å². The molecule has 0 bridgehead atoms. The maximum Gasteiger partial charge on any atom is 0.339 e. The van der Waals surface area contributed by atoms with E-state index in [9.17, 15) is 13.2 Å². The minimum Gasteiger partial charge on any atom is -0.507 e. The Kier molecular flexibility index (Phi) is 2.52. The number of aliphatic hydroxyl groups excluding tert-OH is 1. The van der Waals surface area contributed by atoms with E-state index in [0.717, 1.165) is 12.2 Å². The van der Waals surface area contributed by atoms with E-state index in [2.05, 4.69) is 0 Å². The van der Waals surface area contributed by atoms with Crippen LogP contribution in [-0.4, -0.2) is 29.5 Å². The average molecular weight is 202 g/mol. The van der Waals surface area contributed by atoms with Crippen molar-refractivity contribution in [3.63, 3.8) is 0 Å². The van der Waals surface area contributed by atoms with Crippen LogP contribution in [0.1, 0.15) is 6.42 Å². The van der Waals surface area contributed by atoms with Gasteiger partial charge in [0.2, 0.25) is 10.3 Å². The van der Waals surface area contributed by atoms with Crippen molar-refractivity contribution in [1.82, 2.24) is 0 Å². The first-order valence-corrected chi connectivity index (χ1v) is 4.39. The molecule has 1 aliphatic carbocycles. The van der Waals surface area contributed by atoms with Crippen LogP contribution < -0.4 is 0 Å². The molecule has 0 saturated heterocycles. The van der Waals surface area contributed by atoms with Crippen LogP contribution >= 0.6 is 0 Å². The lowest BCUT2D eigenvalue weighted by atomic mass is 10.1. The van der Waals surface area contributed by atoms with Crippen molar-refractivity contribution in [2.24, 2.45) is 0 Å². The van der Waals surface area contributed by atoms with Crippen molar-refractivity contribution in [3.05, 3.63) is 23.5 Å². The number of carbonyl (C=O) groups is 1. The summed E-state index contributed by atoms with van der Waals surface area (Å²) < 4.78 is 20.9. The molecule has 0 amide bonds. The second-order valence-corrected chi connectivity index (χ2v) is 3.35. The van der Waals surface area contributed by atoms with E-state index in [-0.39, 0.29) is 11.3 Å². The maximum absolute atomic E-state index is 10.4. The van der Waals surface area contributed by atoms with Crippen LogP contribution in [0.3, 0.4) is 0 Å². The highest BCUT2D eigenvalue weighted by molar-refractivity contribution is 7.73. The van der Waals surface area contributed by atoms with Gasteiger partial charge >= 0.3 is 5.97 Å². The maximum atomic E-state index is 10.4. The number of aliphatic hydroxyl groups is 1. The summed E-state index contributed by atoms with van der Waals surface area (Å²) in [5.41, 5.74) is -0.398. The normalized spacial score (nSPS) is 16.2. The van der Waals surface area contributed by atoms with Gasteiger partial charge in [-0.2, -0.15) is 8.42 Å². The van der Waals surface area contributed by atoms with Crippen LogP contribution in [0.5, 0.6) is 0 Å². The van der Waals surface area contributed by atoms with Gasteiger partial charge < -0.3 is 10.2 Å². The van der Waals surface area contributed by atoms with E-state index in [4.69, 9.17) is 10.2 Å². The van der Waals surface area contributed by atoms with Gasteiger partial charge in [0.1, 0.15) is 11.3 Å². The van der Waals surface area contributed by atoms with Crippen LogP contribution in [0, 0.1) is 0 Å². The first-order valence-electron chi connectivity index (χ1n) is 3.32. The van der Waals surface area contributed by atoms with Gasteiger partial charge in [-0.3, -0.25) is 0 Å². The van der Waals surface area contributed by atoms with E-state index in [0.29, 0.717) is 0 Å². The van der Waals surface area contributed by atoms with Gasteiger partial charge in [0.15, 0.2) is 0 Å². The summed E-state index contributed by atoms with van der Waals surface area (Å²) in [6.07, 6.45) is 2.12. The lowest BCUT2D eigenvalue weighted by Crippen LogP contribution is -2.11. The molecule has 0 saturated carbocycles. The Bertz CT molecular complexity index is 430. The molecule has 6 heteroatoms. The summed E-state index contributed by atoms with van der Waals surface area (Å²) in [5, 5.41) is 17.6. The smallest absolute Gasteiger partial charge is 0.339 e. The van der Waals surface area contributed by atoms with E-state index in [1.807, 2.05) is 0 Å². The average Bonchev–Trinajstić information content (AvgIpc) is 2.04. The molecule has 2 N–H and O–H groups in total. The Labute approximate surface area is 75.2 Å². The fraction of sp³-hybridized carbons (Fsp3) is 0.143. The predicted octanol–water partition coefficient (Wildman–Crippen LogP) is -0.105. The van der Waals surface area contributed by atoms with Gasteiger partial charge in [-0.1, -0.05) is 0 Å². The molecular formula is C7H6O5S. The Balaban J connectivity index is 3.25. The molecule has 0 fully saturated rings. The monoisotopic (exact) mass is 202 g/mol. The molecule has 1 aliphatic rings. The number of aliphatic carboxylic acids is 1. The molecule has 0 unspecified atom stereocenters. The van der Waals surface area contributed by atoms with Gasteiger partial charge in [-0.05, 0) is 12.2 Å². The zero-order valence-electron chi connectivity index (χ0n) is 6.39. The second-order valence-electron chi connectivity index (χ2n) is 2.36. The quantitative estimate of drug-likeness (QED) is 0.579. The third-order valence-electron chi connectivity index (χ3n) is 1.52.